The molecule has 0 heterocycles. The molecule has 0 aliphatic rings. The lowest BCUT2D eigenvalue weighted by Gasteiger charge is -2.27. The normalized spacial score (nSPS) is 13.9. The number of hydrogen-bond acceptors (Lipinski definition) is 6. The number of nitrogens with one attached hydrogen (secondary N) is 1. The number of ether oxygens (including phenoxy) is 1. The molecule has 0 aromatic carbocycles. The van der Waals surface area contributed by atoms with E-state index in [1.807, 2.05) is 33.3 Å². The van der Waals surface area contributed by atoms with Crippen molar-refractivity contribution >= 4 is 19.7 Å². The van der Waals surface area contributed by atoms with Crippen LogP contribution >= 0.6 is 7.82 Å². The smallest absolute Gasteiger partial charge is 0.456 e. The molecular formula is C67H128N2O7P+. The van der Waals surface area contributed by atoms with Gasteiger partial charge in [-0.3, -0.25) is 18.6 Å². The number of phosphoric acid groups is 1. The van der Waals surface area contributed by atoms with Crippen LogP contribution in [-0.4, -0.2) is 74.3 Å². The number of carbonyl (C=O) groups excluding carboxylic acids is 2. The predicted octanol–water partition coefficient (Wildman–Crippen LogP) is 20.5. The van der Waals surface area contributed by atoms with Crippen LogP contribution in [0.4, 0.5) is 0 Å². The largest absolute Gasteiger partial charge is 0.472 e. The van der Waals surface area contributed by atoms with Crippen molar-refractivity contribution in [3.8, 4) is 0 Å². The summed E-state index contributed by atoms with van der Waals surface area (Å²) in [6, 6.07) is -0.856. The Balaban J connectivity index is 5.22. The zero-order valence-electron chi connectivity index (χ0n) is 51.7. The van der Waals surface area contributed by atoms with Crippen LogP contribution in [0.3, 0.4) is 0 Å². The lowest BCUT2D eigenvalue weighted by molar-refractivity contribution is -0.870. The van der Waals surface area contributed by atoms with E-state index in [-0.39, 0.29) is 31.5 Å². The zero-order valence-corrected chi connectivity index (χ0v) is 52.6. The van der Waals surface area contributed by atoms with Crippen molar-refractivity contribution < 1.29 is 37.3 Å². The Bertz CT molecular complexity index is 1460. The van der Waals surface area contributed by atoms with Gasteiger partial charge in [-0.05, 0) is 70.3 Å². The minimum absolute atomic E-state index is 0.0377. The second-order valence-electron chi connectivity index (χ2n) is 23.6. The van der Waals surface area contributed by atoms with Crippen molar-refractivity contribution in [1.82, 2.24) is 5.32 Å². The van der Waals surface area contributed by atoms with Crippen molar-refractivity contribution in [3.63, 3.8) is 0 Å². The highest BCUT2D eigenvalue weighted by Gasteiger charge is 2.30. The molecule has 0 aliphatic carbocycles. The Labute approximate surface area is 478 Å². The number of unbranched alkanes of at least 4 members (excludes halogenated alkanes) is 38. The van der Waals surface area contributed by atoms with Gasteiger partial charge in [0.05, 0.1) is 33.8 Å². The molecule has 0 fully saturated rings. The van der Waals surface area contributed by atoms with E-state index in [1.54, 1.807) is 0 Å². The molecule has 0 bridgehead atoms. The van der Waals surface area contributed by atoms with E-state index in [4.69, 9.17) is 13.8 Å². The van der Waals surface area contributed by atoms with Crippen LogP contribution in [0.25, 0.3) is 0 Å². The third-order valence-electron chi connectivity index (χ3n) is 14.8. The van der Waals surface area contributed by atoms with Gasteiger partial charge in [0.1, 0.15) is 19.3 Å². The molecule has 0 aromatic rings. The van der Waals surface area contributed by atoms with Crippen molar-refractivity contribution in [2.75, 3.05) is 40.9 Å². The fourth-order valence-electron chi connectivity index (χ4n) is 9.65. The molecule has 0 aromatic heterocycles. The molecule has 0 radical (unpaired) electrons. The molecule has 2 N–H and O–H groups in total. The molecule has 0 rings (SSSR count). The first-order valence-electron chi connectivity index (χ1n) is 33.0. The highest BCUT2D eigenvalue weighted by molar-refractivity contribution is 7.47. The minimum Gasteiger partial charge on any atom is -0.456 e. The molecule has 77 heavy (non-hydrogen) atoms. The molecule has 10 heteroatoms. The van der Waals surface area contributed by atoms with E-state index in [9.17, 15) is 19.0 Å². The van der Waals surface area contributed by atoms with E-state index in [0.717, 1.165) is 77.0 Å². The van der Waals surface area contributed by atoms with Crippen LogP contribution in [-0.2, 0) is 27.9 Å². The Morgan fingerprint density at radius 3 is 1.21 bits per heavy atom. The second-order valence-corrected chi connectivity index (χ2v) is 25.1. The van der Waals surface area contributed by atoms with Gasteiger partial charge in [0.2, 0.25) is 5.91 Å². The number of phosphoric ester groups is 1. The Hall–Kier alpha value is -2.03. The van der Waals surface area contributed by atoms with Gasteiger partial charge < -0.3 is 19.4 Å². The number of rotatable bonds is 60. The average molecular weight is 1100 g/mol. The quantitative estimate of drug-likeness (QED) is 0.0205. The van der Waals surface area contributed by atoms with E-state index in [1.165, 1.54) is 199 Å². The maximum absolute atomic E-state index is 13.6. The van der Waals surface area contributed by atoms with Gasteiger partial charge in [0.15, 0.2) is 0 Å². The summed E-state index contributed by atoms with van der Waals surface area (Å²) in [6.45, 7) is 7.01. The summed E-state index contributed by atoms with van der Waals surface area (Å²) >= 11 is 0. The van der Waals surface area contributed by atoms with E-state index < -0.39 is 20.0 Å². The number of amides is 1. The first-order chi connectivity index (χ1) is 37.4. The summed E-state index contributed by atoms with van der Waals surface area (Å²) in [4.78, 5) is 37.8. The number of nitrogens with zero attached hydrogens (tertiary/aromatic N) is 1. The topological polar surface area (TPSA) is 111 Å². The number of hydrogen-bond donors (Lipinski definition) is 2. The standard InChI is InChI=1S/C67H127N2O7P/c1-7-10-13-16-19-22-25-28-30-32-33-34-35-37-38-41-44-47-50-53-56-59-66(70)68-64(63-75-77(72,73)74-62-61-69(4,5)6)65(58-55-52-49-46-43-40-27-24-21-18-15-12-9-3)76-67(71)60-57-54-51-48-45-42-39-36-31-29-26-23-20-17-14-11-8-2/h20,23,29,31,39,42,55,58,64-65H,7-19,21-22,24-28,30,32-38,40-41,43-54,56-57,59-63H2,1-6H3,(H-,68,70,72,73)/p+1/b23-20-,31-29-,42-39-,58-55+. The molecule has 3 unspecified atom stereocenters. The zero-order chi connectivity index (χ0) is 56.4. The molecule has 9 nitrogen and oxygen atoms in total. The molecule has 452 valence electrons. The minimum atomic E-state index is -4.45. The third kappa shape index (κ3) is 58.4. The van der Waals surface area contributed by atoms with Gasteiger partial charge in [0.25, 0.3) is 0 Å². The number of allylic oxidation sites excluding steroid dienone is 7. The molecule has 1 amide bonds. The van der Waals surface area contributed by atoms with Crippen LogP contribution in [0.15, 0.2) is 48.6 Å². The summed E-state index contributed by atoms with van der Waals surface area (Å²) in [5, 5.41) is 3.06. The van der Waals surface area contributed by atoms with Gasteiger partial charge >= 0.3 is 13.8 Å². The van der Waals surface area contributed by atoms with Gasteiger partial charge in [-0.2, -0.15) is 0 Å². The molecule has 0 saturated heterocycles. The second kappa shape index (κ2) is 57.2. The molecule has 0 saturated carbocycles. The first-order valence-corrected chi connectivity index (χ1v) is 34.5. The van der Waals surface area contributed by atoms with Gasteiger partial charge in [0, 0.05) is 12.8 Å². The van der Waals surface area contributed by atoms with E-state index in [2.05, 4.69) is 62.5 Å². The fourth-order valence-corrected chi connectivity index (χ4v) is 10.4. The van der Waals surface area contributed by atoms with Gasteiger partial charge in [-0.25, -0.2) is 4.57 Å². The summed E-state index contributed by atoms with van der Waals surface area (Å²) in [6.07, 6.45) is 71.1. The molecule has 3 atom stereocenters. The highest BCUT2D eigenvalue weighted by Crippen LogP contribution is 2.43. The lowest BCUT2D eigenvalue weighted by Crippen LogP contribution is -2.47. The average Bonchev–Trinajstić information content (AvgIpc) is 3.39. The molecule has 0 spiro atoms. The van der Waals surface area contributed by atoms with Crippen LogP contribution in [0.1, 0.15) is 316 Å². The number of quaternary nitrogens is 1. The number of esters is 1. The van der Waals surface area contributed by atoms with Crippen molar-refractivity contribution in [3.05, 3.63) is 48.6 Å². The summed E-state index contributed by atoms with van der Waals surface area (Å²) in [5.74, 6) is -0.517. The summed E-state index contributed by atoms with van der Waals surface area (Å²) in [5.41, 5.74) is 0. The molecule has 0 aliphatic heterocycles. The number of likely N-dealkylation sites (N-methyl/N-ethyl adjacent to an activating group) is 1. The van der Waals surface area contributed by atoms with Gasteiger partial charge in [-0.1, -0.05) is 282 Å². The Morgan fingerprint density at radius 2 is 0.792 bits per heavy atom. The lowest BCUT2D eigenvalue weighted by atomic mass is 10.0. The third-order valence-corrected chi connectivity index (χ3v) is 15.8. The first kappa shape index (κ1) is 75.0. The number of carbonyl (C=O) groups is 2. The summed E-state index contributed by atoms with van der Waals surface area (Å²) in [7, 11) is 1.49. The van der Waals surface area contributed by atoms with Crippen LogP contribution < -0.4 is 5.32 Å². The monoisotopic (exact) mass is 1100 g/mol. The summed E-state index contributed by atoms with van der Waals surface area (Å²) < 4.78 is 30.7. The van der Waals surface area contributed by atoms with Crippen LogP contribution in [0.5, 0.6) is 0 Å². The van der Waals surface area contributed by atoms with Crippen molar-refractivity contribution in [2.45, 2.75) is 328 Å². The van der Waals surface area contributed by atoms with Crippen molar-refractivity contribution in [2.24, 2.45) is 0 Å². The Kier molecular flexibility index (Phi) is 55.7. The van der Waals surface area contributed by atoms with Crippen molar-refractivity contribution in [1.29, 1.82) is 0 Å². The molecular weight excluding hydrogens is 976 g/mol. The maximum Gasteiger partial charge on any atom is 0.472 e. The van der Waals surface area contributed by atoms with Crippen LogP contribution in [0.2, 0.25) is 0 Å². The van der Waals surface area contributed by atoms with E-state index in [0.29, 0.717) is 23.9 Å². The Morgan fingerprint density at radius 1 is 0.455 bits per heavy atom. The van der Waals surface area contributed by atoms with Gasteiger partial charge in [-0.15, -0.1) is 0 Å². The maximum atomic E-state index is 13.6. The van der Waals surface area contributed by atoms with Crippen LogP contribution in [0, 0.1) is 0 Å². The highest BCUT2D eigenvalue weighted by atomic mass is 31.2. The van der Waals surface area contributed by atoms with E-state index >= 15 is 0 Å². The SMILES string of the molecule is CCCCC/C=C\C/C=C\C/C=C\CCCCCCC(=O)OC(/C=C/CCCCCCCCCCCCC)C(COP(=O)(O)OCC[N+](C)(C)C)NC(=O)CCCCCCCCCCCCCCCCCCCCCCC. The fraction of sp³-hybridized carbons (Fsp3) is 0.851. The predicted molar refractivity (Wildman–Crippen MR) is 332 cm³/mol.